The maximum Gasteiger partial charge on any atom is 0.270 e. The minimum atomic E-state index is -0.161. The normalized spacial score (nSPS) is 14.6. The van der Waals surface area contributed by atoms with Crippen molar-refractivity contribution < 1.29 is 19.0 Å². The third kappa shape index (κ3) is 5.35. The first-order valence-corrected chi connectivity index (χ1v) is 11.5. The minimum Gasteiger partial charge on any atom is -0.494 e. The predicted molar refractivity (Wildman–Crippen MR) is 135 cm³/mol. The van der Waals surface area contributed by atoms with E-state index in [2.05, 4.69) is 4.98 Å². The Morgan fingerprint density at radius 3 is 2.48 bits per heavy atom. The van der Waals surface area contributed by atoms with E-state index in [1.807, 2.05) is 67.6 Å². The van der Waals surface area contributed by atoms with Crippen LogP contribution in [0.4, 0.5) is 5.69 Å². The zero-order valence-corrected chi connectivity index (χ0v) is 19.8. The summed E-state index contributed by atoms with van der Waals surface area (Å²) < 4.78 is 17.4. The lowest BCUT2D eigenvalue weighted by atomic mass is 10.1. The topological polar surface area (TPSA) is 60.9 Å². The average molecular weight is 479 g/mol. The van der Waals surface area contributed by atoms with Gasteiger partial charge in [-0.05, 0) is 72.7 Å². The molecule has 0 radical (unpaired) electrons. The fourth-order valence-electron chi connectivity index (χ4n) is 3.23. The molecule has 1 fully saturated rings. The molecule has 0 N–H and O–H groups in total. The van der Waals surface area contributed by atoms with Crippen LogP contribution < -0.4 is 19.1 Å². The van der Waals surface area contributed by atoms with Crippen LogP contribution in [0.1, 0.15) is 18.1 Å². The quantitative estimate of drug-likeness (QED) is 0.314. The first-order valence-electron chi connectivity index (χ1n) is 10.3. The minimum absolute atomic E-state index is 0.161. The van der Waals surface area contributed by atoms with Crippen molar-refractivity contribution in [3.05, 3.63) is 83.0 Å². The molecule has 1 amide bonds. The molecule has 8 heteroatoms. The van der Waals surface area contributed by atoms with E-state index < -0.39 is 0 Å². The second kappa shape index (κ2) is 10.5. The summed E-state index contributed by atoms with van der Waals surface area (Å²) in [7, 11) is 1.59. The Bertz CT molecular complexity index is 1180. The lowest BCUT2D eigenvalue weighted by Gasteiger charge is -2.15. The van der Waals surface area contributed by atoms with Crippen molar-refractivity contribution in [1.82, 2.24) is 4.98 Å². The van der Waals surface area contributed by atoms with Crippen LogP contribution in [0.2, 0.25) is 0 Å². The summed E-state index contributed by atoms with van der Waals surface area (Å²) in [5.74, 6) is 1.79. The number of pyridine rings is 1. The summed E-state index contributed by atoms with van der Waals surface area (Å²) >= 11 is 6.74. The molecular weight excluding hydrogens is 456 g/mol. The molecule has 0 atom stereocenters. The van der Waals surface area contributed by atoms with Crippen LogP contribution in [0.15, 0.2) is 71.9 Å². The molecular formula is C25H22N2O4S2. The van der Waals surface area contributed by atoms with Gasteiger partial charge >= 0.3 is 0 Å². The molecule has 1 saturated heterocycles. The van der Waals surface area contributed by atoms with E-state index in [4.69, 9.17) is 26.4 Å². The highest BCUT2D eigenvalue weighted by molar-refractivity contribution is 8.27. The van der Waals surface area contributed by atoms with Gasteiger partial charge in [0.15, 0.2) is 15.8 Å². The zero-order chi connectivity index (χ0) is 23.2. The van der Waals surface area contributed by atoms with Gasteiger partial charge in [0, 0.05) is 12.4 Å². The van der Waals surface area contributed by atoms with Crippen LogP contribution in [0.25, 0.3) is 6.08 Å². The molecule has 1 aromatic heterocycles. The number of carbonyl (C=O) groups excluding carboxylic acids is 1. The second-order valence-corrected chi connectivity index (χ2v) is 8.67. The van der Waals surface area contributed by atoms with Gasteiger partial charge in [-0.1, -0.05) is 30.0 Å². The van der Waals surface area contributed by atoms with Crippen molar-refractivity contribution in [2.75, 3.05) is 18.6 Å². The van der Waals surface area contributed by atoms with Gasteiger partial charge in [0.25, 0.3) is 5.91 Å². The Kier molecular flexibility index (Phi) is 7.26. The van der Waals surface area contributed by atoms with Gasteiger partial charge in [-0.25, -0.2) is 0 Å². The number of methoxy groups -OCH3 is 1. The molecule has 3 aromatic rings. The monoisotopic (exact) mass is 478 g/mol. The van der Waals surface area contributed by atoms with Gasteiger partial charge < -0.3 is 14.2 Å². The highest BCUT2D eigenvalue weighted by Gasteiger charge is 2.33. The van der Waals surface area contributed by atoms with Gasteiger partial charge in [0.05, 0.1) is 24.3 Å². The summed E-state index contributed by atoms with van der Waals surface area (Å²) in [5.41, 5.74) is 2.53. The SMILES string of the molecule is CCOc1ccc(N2C(=O)/C(=C\c3ccc(OCc4ccncc4)c(OC)c3)SC2=S)cc1. The summed E-state index contributed by atoms with van der Waals surface area (Å²) in [6, 6.07) is 16.7. The smallest absolute Gasteiger partial charge is 0.270 e. The number of ether oxygens (including phenoxy) is 3. The highest BCUT2D eigenvalue weighted by atomic mass is 32.2. The number of nitrogens with zero attached hydrogens (tertiary/aromatic N) is 2. The number of thiocarbonyl (C=S) groups is 1. The average Bonchev–Trinajstić information content (AvgIpc) is 3.12. The number of aromatic nitrogens is 1. The van der Waals surface area contributed by atoms with Crippen LogP contribution in [-0.4, -0.2) is 28.9 Å². The van der Waals surface area contributed by atoms with E-state index in [1.54, 1.807) is 19.5 Å². The zero-order valence-electron chi connectivity index (χ0n) is 18.2. The van der Waals surface area contributed by atoms with E-state index >= 15 is 0 Å². The standard InChI is InChI=1S/C25H22N2O4S2/c1-3-30-20-7-5-19(6-8-20)27-24(28)23(33-25(27)32)15-18-4-9-21(22(14-18)29-2)31-16-17-10-12-26-13-11-17/h4-15H,3,16H2,1-2H3/b23-15+. The summed E-state index contributed by atoms with van der Waals surface area (Å²) in [4.78, 5) is 19.2. The van der Waals surface area contributed by atoms with Crippen molar-refractivity contribution in [1.29, 1.82) is 0 Å². The van der Waals surface area contributed by atoms with Gasteiger partial charge in [0.1, 0.15) is 12.4 Å². The number of anilines is 1. The number of amides is 1. The second-order valence-electron chi connectivity index (χ2n) is 7.00. The molecule has 0 bridgehead atoms. The molecule has 1 aliphatic heterocycles. The van der Waals surface area contributed by atoms with E-state index in [0.29, 0.717) is 39.6 Å². The number of rotatable bonds is 8. The predicted octanol–water partition coefficient (Wildman–Crippen LogP) is 5.47. The molecule has 0 saturated carbocycles. The van der Waals surface area contributed by atoms with Crippen molar-refractivity contribution in [2.45, 2.75) is 13.5 Å². The van der Waals surface area contributed by atoms with E-state index in [9.17, 15) is 4.79 Å². The summed E-state index contributed by atoms with van der Waals surface area (Å²) in [5, 5.41) is 0. The van der Waals surface area contributed by atoms with Gasteiger partial charge in [-0.3, -0.25) is 14.7 Å². The summed E-state index contributed by atoms with van der Waals surface area (Å²) in [6.45, 7) is 2.91. The van der Waals surface area contributed by atoms with Crippen molar-refractivity contribution in [2.24, 2.45) is 0 Å². The lowest BCUT2D eigenvalue weighted by molar-refractivity contribution is -0.113. The van der Waals surface area contributed by atoms with E-state index in [0.717, 1.165) is 16.9 Å². The Hall–Kier alpha value is -3.36. The Morgan fingerprint density at radius 1 is 1.03 bits per heavy atom. The van der Waals surface area contributed by atoms with Gasteiger partial charge in [-0.15, -0.1) is 0 Å². The number of thioether (sulfide) groups is 1. The first-order chi connectivity index (χ1) is 16.1. The van der Waals surface area contributed by atoms with Crippen molar-refractivity contribution >= 4 is 46.0 Å². The van der Waals surface area contributed by atoms with Crippen molar-refractivity contribution in [3.63, 3.8) is 0 Å². The maximum absolute atomic E-state index is 13.1. The maximum atomic E-state index is 13.1. The van der Waals surface area contributed by atoms with Gasteiger partial charge in [-0.2, -0.15) is 0 Å². The molecule has 0 unspecified atom stereocenters. The fraction of sp³-hybridized carbons (Fsp3) is 0.160. The third-order valence-corrected chi connectivity index (χ3v) is 6.13. The Balaban J connectivity index is 1.51. The number of benzene rings is 2. The molecule has 2 heterocycles. The largest absolute Gasteiger partial charge is 0.494 e. The van der Waals surface area contributed by atoms with E-state index in [-0.39, 0.29) is 5.91 Å². The number of carbonyl (C=O) groups is 1. The molecule has 0 spiro atoms. The number of hydrogen-bond acceptors (Lipinski definition) is 7. The van der Waals surface area contributed by atoms with Crippen LogP contribution in [0.5, 0.6) is 17.2 Å². The van der Waals surface area contributed by atoms with Crippen LogP contribution >= 0.6 is 24.0 Å². The molecule has 4 rings (SSSR count). The van der Waals surface area contributed by atoms with E-state index in [1.165, 1.54) is 16.7 Å². The molecule has 0 aliphatic carbocycles. The molecule has 168 valence electrons. The highest BCUT2D eigenvalue weighted by Crippen LogP contribution is 2.37. The Labute approximate surface area is 202 Å². The summed E-state index contributed by atoms with van der Waals surface area (Å²) in [6.07, 6.45) is 5.26. The van der Waals surface area contributed by atoms with Crippen LogP contribution in [0, 0.1) is 0 Å². The molecule has 2 aromatic carbocycles. The third-order valence-electron chi connectivity index (χ3n) is 4.83. The Morgan fingerprint density at radius 2 is 1.79 bits per heavy atom. The molecule has 33 heavy (non-hydrogen) atoms. The fourth-order valence-corrected chi connectivity index (χ4v) is 4.53. The molecule has 1 aliphatic rings. The molecule has 6 nitrogen and oxygen atoms in total. The lowest BCUT2D eigenvalue weighted by Crippen LogP contribution is -2.27. The number of hydrogen-bond donors (Lipinski definition) is 0. The van der Waals surface area contributed by atoms with Crippen LogP contribution in [0.3, 0.4) is 0 Å². The van der Waals surface area contributed by atoms with Crippen LogP contribution in [-0.2, 0) is 11.4 Å². The first kappa shape index (κ1) is 22.8. The van der Waals surface area contributed by atoms with Crippen molar-refractivity contribution in [3.8, 4) is 17.2 Å². The van der Waals surface area contributed by atoms with Gasteiger partial charge in [0.2, 0.25) is 0 Å².